The summed E-state index contributed by atoms with van der Waals surface area (Å²) in [6, 6.07) is 65.4. The van der Waals surface area contributed by atoms with E-state index in [0.717, 1.165) is 12.0 Å². The summed E-state index contributed by atoms with van der Waals surface area (Å²) in [5, 5.41) is 0. The Hall–Kier alpha value is -6.50. The lowest BCUT2D eigenvalue weighted by molar-refractivity contribution is 1.06. The maximum absolute atomic E-state index is 4.48. The summed E-state index contributed by atoms with van der Waals surface area (Å²) in [6.07, 6.45) is 0.930. The summed E-state index contributed by atoms with van der Waals surface area (Å²) < 4.78 is 0. The third-order valence-electron chi connectivity index (χ3n) is 11.7. The van der Waals surface area contributed by atoms with Crippen LogP contribution in [0.2, 0.25) is 0 Å². The maximum atomic E-state index is 4.48. The Labute approximate surface area is 305 Å². The van der Waals surface area contributed by atoms with Gasteiger partial charge in [-0.3, -0.25) is 0 Å². The Bertz CT molecular complexity index is 2780. The van der Waals surface area contributed by atoms with Gasteiger partial charge in [0.2, 0.25) is 0 Å². The standard InChI is InChI=1S/C52H34/c1-32-42-17-6-5-14-37(42)28-40-27-36(24-25-43(32)40)34-15-9-16-35(26-34)39-29-38(33-12-3-2-4-13-33)30-41(31-39)44-20-10-22-48-50(44)49-23-11-21-47-45-18-7-8-19-46(45)51(48)52(47)49/h2-27,29-31,51H,1,28H2. The van der Waals surface area contributed by atoms with Crippen molar-refractivity contribution in [2.24, 2.45) is 0 Å². The molecule has 0 heterocycles. The van der Waals surface area contributed by atoms with Crippen LogP contribution in [0.5, 0.6) is 0 Å². The molecule has 0 N–H and O–H groups in total. The van der Waals surface area contributed by atoms with Crippen molar-refractivity contribution in [1.29, 1.82) is 0 Å². The van der Waals surface area contributed by atoms with E-state index in [2.05, 4.69) is 183 Å². The van der Waals surface area contributed by atoms with Crippen molar-refractivity contribution in [3.05, 3.63) is 221 Å². The molecular weight excluding hydrogens is 625 g/mol. The van der Waals surface area contributed by atoms with Gasteiger partial charge >= 0.3 is 0 Å². The molecule has 1 unspecified atom stereocenters. The van der Waals surface area contributed by atoms with E-state index in [0.29, 0.717) is 0 Å². The van der Waals surface area contributed by atoms with Gasteiger partial charge in [0.15, 0.2) is 0 Å². The Morgan fingerprint density at radius 3 is 1.79 bits per heavy atom. The van der Waals surface area contributed by atoms with E-state index in [1.54, 1.807) is 0 Å². The van der Waals surface area contributed by atoms with Crippen LogP contribution in [0.15, 0.2) is 183 Å². The minimum Gasteiger partial charge on any atom is -0.0905 e. The van der Waals surface area contributed by atoms with Gasteiger partial charge in [-0.05, 0) is 142 Å². The molecule has 1 atom stereocenters. The molecule has 0 nitrogen and oxygen atoms in total. The maximum Gasteiger partial charge on any atom is 0.0364 e. The van der Waals surface area contributed by atoms with Gasteiger partial charge < -0.3 is 0 Å². The van der Waals surface area contributed by atoms with Gasteiger partial charge in [-0.25, -0.2) is 0 Å². The quantitative estimate of drug-likeness (QED) is 0.177. The molecule has 0 bridgehead atoms. The molecule has 52 heavy (non-hydrogen) atoms. The number of benzene rings is 8. The molecule has 3 aliphatic carbocycles. The largest absolute Gasteiger partial charge is 0.0905 e. The van der Waals surface area contributed by atoms with Gasteiger partial charge in [-0.1, -0.05) is 158 Å². The predicted molar refractivity (Wildman–Crippen MR) is 217 cm³/mol. The number of hydrogen-bond donors (Lipinski definition) is 0. The van der Waals surface area contributed by atoms with Crippen LogP contribution in [0.1, 0.15) is 44.9 Å². The van der Waals surface area contributed by atoms with Gasteiger partial charge in [0.05, 0.1) is 0 Å². The number of fused-ring (bicyclic) bond motifs is 8. The molecule has 0 spiro atoms. The zero-order valence-electron chi connectivity index (χ0n) is 28.7. The molecule has 8 aromatic carbocycles. The molecular formula is C52H34. The summed E-state index contributed by atoms with van der Waals surface area (Å²) >= 11 is 0. The summed E-state index contributed by atoms with van der Waals surface area (Å²) in [5.41, 5.74) is 26.0. The fraction of sp³-hybridized carbons (Fsp3) is 0.0385. The highest BCUT2D eigenvalue weighted by Crippen LogP contribution is 2.59. The van der Waals surface area contributed by atoms with Crippen LogP contribution in [0.4, 0.5) is 0 Å². The van der Waals surface area contributed by atoms with E-state index < -0.39 is 0 Å². The average Bonchev–Trinajstić information content (AvgIpc) is 3.74. The lowest BCUT2D eigenvalue weighted by Crippen LogP contribution is -2.05. The van der Waals surface area contributed by atoms with Gasteiger partial charge in [-0.15, -0.1) is 0 Å². The van der Waals surface area contributed by atoms with Crippen LogP contribution in [-0.2, 0) is 6.42 Å². The monoisotopic (exact) mass is 658 g/mol. The fourth-order valence-electron chi connectivity index (χ4n) is 9.31. The molecule has 0 heteroatoms. The molecule has 0 aliphatic heterocycles. The van der Waals surface area contributed by atoms with Crippen molar-refractivity contribution in [2.75, 3.05) is 0 Å². The number of hydrogen-bond acceptors (Lipinski definition) is 0. The van der Waals surface area contributed by atoms with Crippen molar-refractivity contribution in [1.82, 2.24) is 0 Å². The highest BCUT2D eigenvalue weighted by Gasteiger charge is 2.39. The fourth-order valence-corrected chi connectivity index (χ4v) is 9.31. The van der Waals surface area contributed by atoms with E-state index in [4.69, 9.17) is 0 Å². The summed E-state index contributed by atoms with van der Waals surface area (Å²) in [4.78, 5) is 0. The van der Waals surface area contributed by atoms with E-state index in [9.17, 15) is 0 Å². The van der Waals surface area contributed by atoms with E-state index in [1.807, 2.05) is 0 Å². The second kappa shape index (κ2) is 11.3. The lowest BCUT2D eigenvalue weighted by atomic mass is 9.81. The van der Waals surface area contributed by atoms with Crippen molar-refractivity contribution in [2.45, 2.75) is 12.3 Å². The van der Waals surface area contributed by atoms with Crippen molar-refractivity contribution < 1.29 is 0 Å². The van der Waals surface area contributed by atoms with Crippen molar-refractivity contribution >= 4 is 5.57 Å². The molecule has 0 saturated heterocycles. The van der Waals surface area contributed by atoms with E-state index >= 15 is 0 Å². The van der Waals surface area contributed by atoms with Crippen LogP contribution in [0.25, 0.3) is 72.3 Å². The highest BCUT2D eigenvalue weighted by atomic mass is 14.4. The molecule has 0 radical (unpaired) electrons. The van der Waals surface area contributed by atoms with Crippen molar-refractivity contribution in [3.63, 3.8) is 0 Å². The first-order valence-electron chi connectivity index (χ1n) is 18.3. The van der Waals surface area contributed by atoms with Gasteiger partial charge in [0.25, 0.3) is 0 Å². The zero-order valence-corrected chi connectivity index (χ0v) is 28.7. The molecule has 0 fully saturated rings. The van der Waals surface area contributed by atoms with Crippen LogP contribution < -0.4 is 0 Å². The first-order chi connectivity index (χ1) is 25.7. The minimum atomic E-state index is 0.285. The Morgan fingerprint density at radius 1 is 0.346 bits per heavy atom. The topological polar surface area (TPSA) is 0 Å². The molecule has 0 amide bonds. The molecule has 0 aromatic heterocycles. The van der Waals surface area contributed by atoms with Gasteiger partial charge in [0.1, 0.15) is 0 Å². The highest BCUT2D eigenvalue weighted by molar-refractivity contribution is 6.00. The second-order valence-corrected chi connectivity index (χ2v) is 14.5. The van der Waals surface area contributed by atoms with Crippen LogP contribution in [0.3, 0.4) is 0 Å². The minimum absolute atomic E-state index is 0.285. The lowest BCUT2D eigenvalue weighted by Gasteiger charge is -2.22. The third kappa shape index (κ3) is 4.34. The molecule has 8 aromatic rings. The summed E-state index contributed by atoms with van der Waals surface area (Å²) in [7, 11) is 0. The van der Waals surface area contributed by atoms with Crippen LogP contribution >= 0.6 is 0 Å². The predicted octanol–water partition coefficient (Wildman–Crippen LogP) is 13.5. The first kappa shape index (κ1) is 29.3. The van der Waals surface area contributed by atoms with Crippen LogP contribution in [0, 0.1) is 0 Å². The molecule has 11 rings (SSSR count). The molecule has 0 saturated carbocycles. The van der Waals surface area contributed by atoms with Gasteiger partial charge in [0, 0.05) is 5.92 Å². The molecule has 3 aliphatic rings. The average molecular weight is 659 g/mol. The van der Waals surface area contributed by atoms with E-state index in [1.165, 1.54) is 106 Å². The normalized spacial score (nSPS) is 14.3. The first-order valence-corrected chi connectivity index (χ1v) is 18.3. The number of rotatable bonds is 4. The zero-order chi connectivity index (χ0) is 34.3. The van der Waals surface area contributed by atoms with Crippen molar-refractivity contribution in [3.8, 4) is 66.8 Å². The molecule has 242 valence electrons. The summed E-state index contributed by atoms with van der Waals surface area (Å²) in [5.74, 6) is 0.285. The Balaban J connectivity index is 1.05. The Morgan fingerprint density at radius 2 is 0.904 bits per heavy atom. The van der Waals surface area contributed by atoms with E-state index in [-0.39, 0.29) is 5.92 Å². The third-order valence-corrected chi connectivity index (χ3v) is 11.7. The summed E-state index contributed by atoms with van der Waals surface area (Å²) in [6.45, 7) is 4.48. The Kier molecular flexibility index (Phi) is 6.33. The SMILES string of the molecule is C=C1c2ccccc2Cc2cc(-c3cccc(-c4cc(-c5ccccc5)cc(-c5cccc6c5-c5cccc7c5C6c5ccccc5-7)c4)c3)ccc21. The smallest absolute Gasteiger partial charge is 0.0364 e. The van der Waals surface area contributed by atoms with Gasteiger partial charge in [-0.2, -0.15) is 0 Å². The second-order valence-electron chi connectivity index (χ2n) is 14.5. The van der Waals surface area contributed by atoms with Crippen LogP contribution in [-0.4, -0.2) is 0 Å².